The predicted octanol–water partition coefficient (Wildman–Crippen LogP) is 1.93. The molecule has 4 N–H and O–H groups in total. The van der Waals surface area contributed by atoms with E-state index in [4.69, 9.17) is 5.73 Å². The van der Waals surface area contributed by atoms with Gasteiger partial charge in [0, 0.05) is 34.9 Å². The van der Waals surface area contributed by atoms with E-state index >= 15 is 0 Å². The van der Waals surface area contributed by atoms with Crippen LogP contribution in [0.5, 0.6) is 0 Å². The second-order valence-corrected chi connectivity index (χ2v) is 7.54. The van der Waals surface area contributed by atoms with Crippen molar-refractivity contribution in [2.24, 2.45) is 5.73 Å². The van der Waals surface area contributed by atoms with Crippen molar-refractivity contribution >= 4 is 16.7 Å². The largest absolute Gasteiger partial charge is 0.390 e. The third-order valence-corrected chi connectivity index (χ3v) is 5.48. The summed E-state index contributed by atoms with van der Waals surface area (Å²) in [5.41, 5.74) is 8.52. The van der Waals surface area contributed by atoms with Crippen LogP contribution < -0.4 is 5.73 Å². The normalized spacial score (nSPS) is 17.3. The number of amides is 1. The number of nitrogens with zero attached hydrogens (tertiary/aromatic N) is 3. The van der Waals surface area contributed by atoms with Gasteiger partial charge in [0.2, 0.25) is 5.91 Å². The van der Waals surface area contributed by atoms with Gasteiger partial charge in [-0.05, 0) is 50.5 Å². The molecule has 0 radical (unpaired) electrons. The highest BCUT2D eigenvalue weighted by Crippen LogP contribution is 2.47. The number of hydrogen-bond acceptors (Lipinski definition) is 6. The summed E-state index contributed by atoms with van der Waals surface area (Å²) in [7, 11) is 0. The Labute approximate surface area is 162 Å². The van der Waals surface area contributed by atoms with E-state index in [0.717, 1.165) is 40.4 Å². The van der Waals surface area contributed by atoms with Crippen LogP contribution in [0.4, 0.5) is 0 Å². The Hall–Kier alpha value is -2.90. The molecule has 1 amide bonds. The van der Waals surface area contributed by atoms with Crippen LogP contribution in [-0.2, 0) is 10.2 Å². The van der Waals surface area contributed by atoms with Gasteiger partial charge >= 0.3 is 0 Å². The summed E-state index contributed by atoms with van der Waals surface area (Å²) >= 11 is 0. The number of fused-ring (bicyclic) bond motifs is 1. The minimum Gasteiger partial charge on any atom is -0.390 e. The molecule has 1 aliphatic rings. The van der Waals surface area contributed by atoms with Gasteiger partial charge in [0.15, 0.2) is 0 Å². The lowest BCUT2D eigenvalue weighted by Gasteiger charge is -2.15. The third-order valence-electron chi connectivity index (χ3n) is 5.48. The molecule has 3 aromatic rings. The van der Waals surface area contributed by atoms with Crippen LogP contribution >= 0.6 is 0 Å². The lowest BCUT2D eigenvalue weighted by atomic mass is 9.98. The molecule has 0 unspecified atom stereocenters. The highest BCUT2D eigenvalue weighted by atomic mass is 16.3. The zero-order valence-electron chi connectivity index (χ0n) is 15.8. The number of aliphatic hydroxyl groups excluding tert-OH is 2. The molecule has 1 aliphatic carbocycles. The number of pyridine rings is 3. The molecule has 2 atom stereocenters. The van der Waals surface area contributed by atoms with E-state index in [1.165, 1.54) is 6.92 Å². The quantitative estimate of drug-likeness (QED) is 0.623. The number of nitrogens with two attached hydrogens (primary N) is 1. The Morgan fingerprint density at radius 3 is 2.36 bits per heavy atom. The first kappa shape index (κ1) is 18.5. The van der Waals surface area contributed by atoms with Gasteiger partial charge < -0.3 is 15.9 Å². The number of hydrogen-bond donors (Lipinski definition) is 3. The van der Waals surface area contributed by atoms with Gasteiger partial charge in [-0.2, -0.15) is 0 Å². The molecule has 4 rings (SSSR count). The van der Waals surface area contributed by atoms with Crippen LogP contribution in [0, 0.1) is 6.92 Å². The molecule has 0 bridgehead atoms. The zero-order chi connectivity index (χ0) is 20.1. The molecule has 0 saturated heterocycles. The molecule has 1 fully saturated rings. The van der Waals surface area contributed by atoms with Crippen molar-refractivity contribution in [2.75, 3.05) is 0 Å². The summed E-state index contributed by atoms with van der Waals surface area (Å²) < 4.78 is 0. The van der Waals surface area contributed by atoms with Gasteiger partial charge in [-0.15, -0.1) is 0 Å². The summed E-state index contributed by atoms with van der Waals surface area (Å²) in [5, 5.41) is 21.3. The van der Waals surface area contributed by atoms with Gasteiger partial charge in [0.1, 0.15) is 6.10 Å². The maximum atomic E-state index is 11.7. The molecule has 7 heteroatoms. The van der Waals surface area contributed by atoms with E-state index in [0.29, 0.717) is 11.4 Å². The van der Waals surface area contributed by atoms with E-state index in [9.17, 15) is 15.0 Å². The highest BCUT2D eigenvalue weighted by molar-refractivity contribution is 5.91. The SMILES string of the molecule is Cc1cc([C@@H](O)[C@@H](C)O)ncc1-c1cc2cnc(C3(C(N)=O)CC3)cc2cn1. The summed E-state index contributed by atoms with van der Waals surface area (Å²) in [6, 6.07) is 5.56. The Balaban J connectivity index is 1.70. The summed E-state index contributed by atoms with van der Waals surface area (Å²) in [6.45, 7) is 3.43. The summed E-state index contributed by atoms with van der Waals surface area (Å²) in [6.07, 6.45) is 4.70. The van der Waals surface area contributed by atoms with Crippen molar-refractivity contribution in [3.8, 4) is 11.3 Å². The van der Waals surface area contributed by atoms with Crippen molar-refractivity contribution in [1.29, 1.82) is 0 Å². The van der Waals surface area contributed by atoms with Gasteiger partial charge in [-0.1, -0.05) is 0 Å². The number of aryl methyl sites for hydroxylation is 1. The summed E-state index contributed by atoms with van der Waals surface area (Å²) in [5.74, 6) is -0.329. The van der Waals surface area contributed by atoms with Crippen LogP contribution in [0.25, 0.3) is 22.0 Å². The van der Waals surface area contributed by atoms with Crippen LogP contribution in [0.2, 0.25) is 0 Å². The van der Waals surface area contributed by atoms with Crippen LogP contribution in [0.1, 0.15) is 42.8 Å². The van der Waals surface area contributed by atoms with Crippen molar-refractivity contribution in [1.82, 2.24) is 15.0 Å². The minimum atomic E-state index is -1.03. The van der Waals surface area contributed by atoms with Gasteiger partial charge in [0.05, 0.1) is 28.6 Å². The molecule has 7 nitrogen and oxygen atoms in total. The standard InChI is InChI=1S/C21H22N4O3/c1-11-5-17(19(27)12(2)26)24-10-15(11)16-6-13-9-25-18(7-14(13)8-23-16)21(3-4-21)20(22)28/h5-10,12,19,26-27H,3-4H2,1-2H3,(H2,22,28)/t12-,19+/m1/s1. The molecule has 0 aromatic carbocycles. The van der Waals surface area contributed by atoms with E-state index < -0.39 is 17.6 Å². The second kappa shape index (κ2) is 6.61. The first-order valence-corrected chi connectivity index (χ1v) is 9.21. The number of aromatic nitrogens is 3. The van der Waals surface area contributed by atoms with Crippen LogP contribution in [0.3, 0.4) is 0 Å². The first-order valence-electron chi connectivity index (χ1n) is 9.21. The fourth-order valence-electron chi connectivity index (χ4n) is 3.46. The van der Waals surface area contributed by atoms with Gasteiger partial charge in [-0.25, -0.2) is 0 Å². The van der Waals surface area contributed by atoms with Crippen molar-refractivity contribution < 1.29 is 15.0 Å². The lowest BCUT2D eigenvalue weighted by Crippen LogP contribution is -2.29. The van der Waals surface area contributed by atoms with Gasteiger partial charge in [-0.3, -0.25) is 19.7 Å². The average molecular weight is 378 g/mol. The molecular weight excluding hydrogens is 356 g/mol. The second-order valence-electron chi connectivity index (χ2n) is 7.54. The first-order chi connectivity index (χ1) is 13.3. The topological polar surface area (TPSA) is 122 Å². The molecule has 144 valence electrons. The maximum Gasteiger partial charge on any atom is 0.229 e. The summed E-state index contributed by atoms with van der Waals surface area (Å²) in [4.78, 5) is 25.0. The molecule has 28 heavy (non-hydrogen) atoms. The van der Waals surface area contributed by atoms with Crippen LogP contribution in [0.15, 0.2) is 36.8 Å². The van der Waals surface area contributed by atoms with Crippen molar-refractivity contribution in [3.63, 3.8) is 0 Å². The fourth-order valence-corrected chi connectivity index (χ4v) is 3.46. The fraction of sp³-hybridized carbons (Fsp3) is 0.333. The van der Waals surface area contributed by atoms with E-state index in [-0.39, 0.29) is 5.91 Å². The smallest absolute Gasteiger partial charge is 0.229 e. The average Bonchev–Trinajstić information content (AvgIpc) is 3.48. The van der Waals surface area contributed by atoms with Crippen molar-refractivity contribution in [3.05, 3.63) is 53.7 Å². The van der Waals surface area contributed by atoms with Crippen LogP contribution in [-0.4, -0.2) is 37.2 Å². The number of primary amides is 1. The predicted molar refractivity (Wildman–Crippen MR) is 104 cm³/mol. The highest BCUT2D eigenvalue weighted by Gasteiger charge is 2.51. The minimum absolute atomic E-state index is 0.329. The van der Waals surface area contributed by atoms with E-state index in [1.807, 2.05) is 19.1 Å². The number of carbonyl (C=O) groups is 1. The Morgan fingerprint density at radius 2 is 1.75 bits per heavy atom. The molecule has 3 aromatic heterocycles. The molecule has 0 aliphatic heterocycles. The molecular formula is C21H22N4O3. The van der Waals surface area contributed by atoms with Gasteiger partial charge in [0.25, 0.3) is 0 Å². The Kier molecular flexibility index (Phi) is 4.36. The van der Waals surface area contributed by atoms with E-state index in [2.05, 4.69) is 15.0 Å². The Bertz CT molecular complexity index is 1080. The molecule has 1 saturated carbocycles. The third kappa shape index (κ3) is 3.02. The van der Waals surface area contributed by atoms with E-state index in [1.54, 1.807) is 24.7 Å². The molecule has 0 spiro atoms. The molecule has 3 heterocycles. The lowest BCUT2D eigenvalue weighted by molar-refractivity contribution is -0.120. The Morgan fingerprint density at radius 1 is 1.07 bits per heavy atom. The monoisotopic (exact) mass is 378 g/mol. The van der Waals surface area contributed by atoms with Crippen molar-refractivity contribution in [2.45, 2.75) is 44.3 Å². The maximum absolute atomic E-state index is 11.7. The number of aliphatic hydroxyl groups is 2. The number of carbonyl (C=O) groups excluding carboxylic acids is 1. The zero-order valence-corrected chi connectivity index (χ0v) is 15.8. The number of rotatable bonds is 5.